The summed E-state index contributed by atoms with van der Waals surface area (Å²) >= 11 is 0. The Morgan fingerprint density at radius 3 is 1.09 bits per heavy atom. The van der Waals surface area contributed by atoms with Gasteiger partial charge >= 0.3 is 0 Å². The third-order valence-corrected chi connectivity index (χ3v) is 17.6. The van der Waals surface area contributed by atoms with E-state index in [0.717, 1.165) is 50.6 Å². The van der Waals surface area contributed by atoms with Crippen molar-refractivity contribution in [3.63, 3.8) is 0 Å². The van der Waals surface area contributed by atoms with E-state index in [-0.39, 0.29) is 0 Å². The molecule has 1 aromatic heterocycles. The van der Waals surface area contributed by atoms with Crippen molar-refractivity contribution in [1.29, 1.82) is 0 Å². The van der Waals surface area contributed by atoms with Crippen molar-refractivity contribution < 1.29 is 0 Å². The normalized spacial score (nSPS) is 11.6. The van der Waals surface area contributed by atoms with Crippen molar-refractivity contribution in [1.82, 2.24) is 9.97 Å². The van der Waals surface area contributed by atoms with Gasteiger partial charge in [-0.05, 0) is 80.1 Å². The molecule has 0 saturated heterocycles. The standard InChI is InChI=1S/C61H48N2Si/c1-45-24-21-25-46(2)59(45)60-62-57(47-26-22-34-52(42-47)61(49-28-9-3-10-29-49,50-30-11-4-12-31-50)51-32-13-5-14-33-51)44-58(63-60)48-27-23-41-56(43-48)64(53-35-15-6-16-36-53,54-37-17-7-18-38-54)55-39-19-8-20-40-55/h3-44H,1-2H3. The minimum absolute atomic E-state index is 0.598. The van der Waals surface area contributed by atoms with Crippen LogP contribution in [0.1, 0.15) is 33.4 Å². The highest BCUT2D eigenvalue weighted by atomic mass is 28.3. The van der Waals surface area contributed by atoms with E-state index in [1.807, 2.05) is 0 Å². The molecule has 306 valence electrons. The van der Waals surface area contributed by atoms with Gasteiger partial charge in [-0.15, -0.1) is 0 Å². The molecule has 1 heterocycles. The molecule has 0 fully saturated rings. The fourth-order valence-electron chi connectivity index (χ4n) is 9.97. The van der Waals surface area contributed by atoms with Gasteiger partial charge in [-0.25, -0.2) is 9.97 Å². The van der Waals surface area contributed by atoms with Gasteiger partial charge in [0.15, 0.2) is 13.9 Å². The Morgan fingerprint density at radius 2 is 0.656 bits per heavy atom. The Hall–Kier alpha value is -7.72. The van der Waals surface area contributed by atoms with Gasteiger partial charge in [-0.3, -0.25) is 0 Å². The van der Waals surface area contributed by atoms with Crippen LogP contribution in [0.15, 0.2) is 255 Å². The molecule has 0 atom stereocenters. The quantitative estimate of drug-likeness (QED) is 0.0958. The van der Waals surface area contributed by atoms with E-state index in [9.17, 15) is 0 Å². The van der Waals surface area contributed by atoms with Crippen molar-refractivity contribution >= 4 is 28.8 Å². The van der Waals surface area contributed by atoms with Gasteiger partial charge in [-0.1, -0.05) is 243 Å². The third kappa shape index (κ3) is 7.20. The lowest BCUT2D eigenvalue weighted by Crippen LogP contribution is -2.74. The predicted molar refractivity (Wildman–Crippen MR) is 270 cm³/mol. The molecule has 0 bridgehead atoms. The van der Waals surface area contributed by atoms with Crippen molar-refractivity contribution in [2.45, 2.75) is 19.3 Å². The second-order valence-corrected chi connectivity index (χ2v) is 20.4. The molecule has 0 N–H and O–H groups in total. The van der Waals surface area contributed by atoms with E-state index in [4.69, 9.17) is 9.97 Å². The van der Waals surface area contributed by atoms with Crippen LogP contribution >= 0.6 is 0 Å². The average Bonchev–Trinajstić information content (AvgIpc) is 3.37. The molecule has 3 heteroatoms. The second-order valence-electron chi connectivity index (χ2n) is 16.6. The summed E-state index contributed by atoms with van der Waals surface area (Å²) in [6.07, 6.45) is 0. The van der Waals surface area contributed by atoms with Gasteiger partial charge in [-0.2, -0.15) is 0 Å². The monoisotopic (exact) mass is 836 g/mol. The minimum Gasteiger partial charge on any atom is -0.228 e. The molecule has 0 aliphatic rings. The van der Waals surface area contributed by atoms with Crippen molar-refractivity contribution in [2.24, 2.45) is 0 Å². The maximum Gasteiger partial charge on any atom is 0.179 e. The molecular formula is C61H48N2Si. The van der Waals surface area contributed by atoms with Gasteiger partial charge in [0, 0.05) is 16.7 Å². The van der Waals surface area contributed by atoms with Crippen LogP contribution in [0, 0.1) is 13.8 Å². The first kappa shape index (κ1) is 40.4. The highest BCUT2D eigenvalue weighted by Crippen LogP contribution is 2.46. The molecule has 0 aliphatic heterocycles. The maximum absolute atomic E-state index is 5.48. The van der Waals surface area contributed by atoms with Crippen LogP contribution < -0.4 is 20.7 Å². The molecule has 0 saturated carbocycles. The minimum atomic E-state index is -2.81. The number of rotatable bonds is 11. The lowest BCUT2D eigenvalue weighted by molar-refractivity contribution is 0.745. The first-order valence-electron chi connectivity index (χ1n) is 22.1. The maximum atomic E-state index is 5.48. The second kappa shape index (κ2) is 17.6. The zero-order valence-corrected chi connectivity index (χ0v) is 37.1. The van der Waals surface area contributed by atoms with Gasteiger partial charge in [0.2, 0.25) is 0 Å². The zero-order valence-electron chi connectivity index (χ0n) is 36.1. The summed E-state index contributed by atoms with van der Waals surface area (Å²) in [5, 5.41) is 5.29. The van der Waals surface area contributed by atoms with Crippen molar-refractivity contribution in [2.75, 3.05) is 0 Å². The molecule has 0 spiro atoms. The summed E-state index contributed by atoms with van der Waals surface area (Å²) in [6, 6.07) is 92.8. The molecule has 10 rings (SSSR count). The Balaban J connectivity index is 1.22. The number of benzene rings is 9. The Labute approximate surface area is 378 Å². The average molecular weight is 837 g/mol. The molecule has 0 radical (unpaired) electrons. The highest BCUT2D eigenvalue weighted by Gasteiger charge is 2.42. The fraction of sp³-hybridized carbons (Fsp3) is 0.0492. The topological polar surface area (TPSA) is 25.8 Å². The Bertz CT molecular complexity index is 2750. The Morgan fingerprint density at radius 1 is 0.312 bits per heavy atom. The molecule has 10 aromatic rings. The molecule has 0 amide bonds. The lowest BCUT2D eigenvalue weighted by atomic mass is 9.65. The molecule has 0 aliphatic carbocycles. The van der Waals surface area contributed by atoms with Crippen LogP contribution in [0.4, 0.5) is 0 Å². The Kier molecular flexibility index (Phi) is 11.1. The van der Waals surface area contributed by atoms with Crippen LogP contribution in [0.3, 0.4) is 0 Å². The largest absolute Gasteiger partial charge is 0.228 e. The first-order chi connectivity index (χ1) is 31.6. The third-order valence-electron chi connectivity index (χ3n) is 12.9. The summed E-state index contributed by atoms with van der Waals surface area (Å²) in [4.78, 5) is 11.0. The van der Waals surface area contributed by atoms with Crippen molar-refractivity contribution in [3.05, 3.63) is 288 Å². The number of hydrogen-bond donors (Lipinski definition) is 0. The van der Waals surface area contributed by atoms with E-state index >= 15 is 0 Å². The zero-order chi connectivity index (χ0) is 43.4. The molecule has 9 aromatic carbocycles. The lowest BCUT2D eigenvalue weighted by Gasteiger charge is -2.37. The molecule has 64 heavy (non-hydrogen) atoms. The van der Waals surface area contributed by atoms with Crippen LogP contribution in [0.25, 0.3) is 33.9 Å². The van der Waals surface area contributed by atoms with Gasteiger partial charge in [0.05, 0.1) is 16.8 Å². The first-order valence-corrected chi connectivity index (χ1v) is 24.1. The van der Waals surface area contributed by atoms with E-state index in [1.54, 1.807) is 0 Å². The summed E-state index contributed by atoms with van der Waals surface area (Å²) in [5.74, 6) is 0.719. The van der Waals surface area contributed by atoms with Gasteiger partial charge < -0.3 is 0 Å². The SMILES string of the molecule is Cc1cccc(C)c1-c1nc(-c2cccc(C(c3ccccc3)(c3ccccc3)c3ccccc3)c2)cc(-c2cccc([Si](c3ccccc3)(c3ccccc3)c3ccccc3)c2)n1. The van der Waals surface area contributed by atoms with E-state index < -0.39 is 13.5 Å². The number of aryl methyl sites for hydroxylation is 2. The summed E-state index contributed by atoms with van der Waals surface area (Å²) in [6.45, 7) is 4.32. The van der Waals surface area contributed by atoms with E-state index in [2.05, 4.69) is 269 Å². The van der Waals surface area contributed by atoms with E-state index in [1.165, 1.54) is 37.4 Å². The molecule has 2 nitrogen and oxygen atoms in total. The summed E-state index contributed by atoms with van der Waals surface area (Å²) < 4.78 is 0. The summed E-state index contributed by atoms with van der Waals surface area (Å²) in [5.41, 5.74) is 11.3. The number of hydrogen-bond acceptors (Lipinski definition) is 2. The van der Waals surface area contributed by atoms with Crippen LogP contribution in [0.2, 0.25) is 0 Å². The van der Waals surface area contributed by atoms with Gasteiger partial charge in [0.1, 0.15) is 0 Å². The number of aromatic nitrogens is 2. The van der Waals surface area contributed by atoms with Crippen LogP contribution in [0.5, 0.6) is 0 Å². The molecule has 0 unspecified atom stereocenters. The molecular weight excluding hydrogens is 789 g/mol. The summed E-state index contributed by atoms with van der Waals surface area (Å²) in [7, 11) is -2.81. The fourth-order valence-corrected chi connectivity index (χ4v) is 14.8. The van der Waals surface area contributed by atoms with Crippen LogP contribution in [-0.4, -0.2) is 18.0 Å². The van der Waals surface area contributed by atoms with Crippen molar-refractivity contribution in [3.8, 4) is 33.9 Å². The smallest absolute Gasteiger partial charge is 0.179 e. The predicted octanol–water partition coefficient (Wildman–Crippen LogP) is 11.9. The van der Waals surface area contributed by atoms with Gasteiger partial charge in [0.25, 0.3) is 0 Å². The highest BCUT2D eigenvalue weighted by molar-refractivity contribution is 7.19. The number of nitrogens with zero attached hydrogens (tertiary/aromatic N) is 2. The van der Waals surface area contributed by atoms with Crippen LogP contribution in [-0.2, 0) is 5.41 Å². The van der Waals surface area contributed by atoms with E-state index in [0.29, 0.717) is 0 Å².